The van der Waals surface area contributed by atoms with Crippen LogP contribution >= 0.6 is 0 Å². The number of methoxy groups -OCH3 is 4. The number of esters is 3. The van der Waals surface area contributed by atoms with Crippen molar-refractivity contribution in [2.45, 2.75) is 37.6 Å². The van der Waals surface area contributed by atoms with Crippen molar-refractivity contribution in [2.24, 2.45) is 0 Å². The average molecular weight is 1110 g/mol. The van der Waals surface area contributed by atoms with Gasteiger partial charge in [-0.05, 0) is 129 Å². The molecule has 13 nitrogen and oxygen atoms in total. The Labute approximate surface area is 482 Å². The van der Waals surface area contributed by atoms with Crippen LogP contribution in [0.2, 0.25) is 0 Å². The van der Waals surface area contributed by atoms with Gasteiger partial charge in [0.25, 0.3) is 0 Å². The van der Waals surface area contributed by atoms with Crippen LogP contribution < -0.4 is 43.7 Å². The number of hydrogen-bond donors (Lipinski definition) is 0. The molecular formula is C71H51NO12. The van der Waals surface area contributed by atoms with Crippen molar-refractivity contribution in [2.75, 3.05) is 39.9 Å². The molecule has 2 atom stereocenters. The van der Waals surface area contributed by atoms with Gasteiger partial charge < -0.3 is 42.5 Å². The minimum absolute atomic E-state index is 0.0517. The zero-order valence-electron chi connectivity index (χ0n) is 46.1. The molecule has 0 spiro atoms. The summed E-state index contributed by atoms with van der Waals surface area (Å²) < 4.78 is 49.7. The fraction of sp³-hybridized carbons (Fsp3) is 0.155. The molecule has 2 unspecified atom stereocenters. The van der Waals surface area contributed by atoms with Crippen LogP contribution in [0.3, 0.4) is 0 Å². The minimum atomic E-state index is -0.709. The molecule has 5 aliphatic rings. The van der Waals surface area contributed by atoms with Crippen molar-refractivity contribution < 1.29 is 52.0 Å². The van der Waals surface area contributed by atoms with E-state index in [1.165, 1.54) is 34.5 Å². The Hall–Kier alpha value is -10.4. The number of carbonyl (C=O) groups is 3. The molecule has 3 aliphatic carbocycles. The van der Waals surface area contributed by atoms with Gasteiger partial charge in [0.05, 0.1) is 51.2 Å². The first-order valence-electron chi connectivity index (χ1n) is 27.8. The van der Waals surface area contributed by atoms with Gasteiger partial charge in [-0.1, -0.05) is 115 Å². The second kappa shape index (κ2) is 19.7. The van der Waals surface area contributed by atoms with Crippen molar-refractivity contribution in [3.63, 3.8) is 0 Å². The monoisotopic (exact) mass is 1110 g/mol. The lowest BCUT2D eigenvalue weighted by atomic mass is 9.79. The van der Waals surface area contributed by atoms with Gasteiger partial charge in [-0.25, -0.2) is 19.2 Å². The highest BCUT2D eigenvalue weighted by molar-refractivity contribution is 6.04. The summed E-state index contributed by atoms with van der Waals surface area (Å²) in [5.74, 6) is -0.983. The maximum atomic E-state index is 15.0. The zero-order valence-corrected chi connectivity index (χ0v) is 46.1. The lowest BCUT2D eigenvalue weighted by molar-refractivity contribution is 0.0719. The van der Waals surface area contributed by atoms with E-state index in [0.29, 0.717) is 81.5 Å². The van der Waals surface area contributed by atoms with E-state index in [-0.39, 0.29) is 46.6 Å². The van der Waals surface area contributed by atoms with E-state index in [9.17, 15) is 14.4 Å². The summed E-state index contributed by atoms with van der Waals surface area (Å²) in [6.07, 6.45) is 2.39. The Balaban J connectivity index is 0.870. The second-order valence-electron chi connectivity index (χ2n) is 21.6. The van der Waals surface area contributed by atoms with Gasteiger partial charge in [-0.3, -0.25) is 0 Å². The fourth-order valence-corrected chi connectivity index (χ4v) is 13.8. The Bertz CT molecular complexity index is 4570. The van der Waals surface area contributed by atoms with Crippen molar-refractivity contribution in [1.29, 1.82) is 0 Å². The summed E-state index contributed by atoms with van der Waals surface area (Å²) in [4.78, 5) is 60.7. The smallest absolute Gasteiger partial charge is 0.360 e. The van der Waals surface area contributed by atoms with Gasteiger partial charge >= 0.3 is 23.5 Å². The van der Waals surface area contributed by atoms with E-state index < -0.39 is 35.5 Å². The van der Waals surface area contributed by atoms with Gasteiger partial charge in [0, 0.05) is 51.7 Å². The van der Waals surface area contributed by atoms with Crippen LogP contribution in [0.5, 0.6) is 40.2 Å². The quantitative estimate of drug-likeness (QED) is 0.0687. The Morgan fingerprint density at radius 1 is 0.476 bits per heavy atom. The predicted molar refractivity (Wildman–Crippen MR) is 316 cm³/mol. The topological polar surface area (TPSA) is 149 Å². The molecule has 15 rings (SSSR count). The normalized spacial score (nSPS) is 15.1. The third-order valence-electron chi connectivity index (χ3n) is 17.4. The minimum Gasteiger partial charge on any atom is -0.493 e. The number of anilines is 1. The number of hydrogen-bond acceptors (Lipinski definition) is 13. The van der Waals surface area contributed by atoms with Gasteiger partial charge in [0.2, 0.25) is 5.75 Å². The maximum absolute atomic E-state index is 15.0. The van der Waals surface area contributed by atoms with Crippen LogP contribution in [-0.2, 0) is 25.7 Å². The summed E-state index contributed by atoms with van der Waals surface area (Å²) in [6.45, 7) is 0.278. The third kappa shape index (κ3) is 7.75. The molecule has 2 aliphatic heterocycles. The molecule has 84 heavy (non-hydrogen) atoms. The molecule has 9 aromatic carbocycles. The molecule has 0 N–H and O–H groups in total. The van der Waals surface area contributed by atoms with Crippen LogP contribution in [-0.4, -0.2) is 52.9 Å². The van der Waals surface area contributed by atoms with E-state index in [4.69, 9.17) is 37.6 Å². The van der Waals surface area contributed by atoms with Gasteiger partial charge in [0.15, 0.2) is 34.5 Å². The van der Waals surface area contributed by atoms with E-state index in [2.05, 4.69) is 18.2 Å². The first-order chi connectivity index (χ1) is 41.1. The van der Waals surface area contributed by atoms with Crippen LogP contribution in [0.4, 0.5) is 5.69 Å². The second-order valence-corrected chi connectivity index (χ2v) is 21.6. The number of fused-ring (bicyclic) bond motifs is 16. The molecular weight excluding hydrogens is 1060 g/mol. The molecule has 10 aromatic rings. The summed E-state index contributed by atoms with van der Waals surface area (Å²) in [5.41, 5.74) is 15.6. The highest BCUT2D eigenvalue weighted by Gasteiger charge is 2.49. The van der Waals surface area contributed by atoms with E-state index in [1.807, 2.05) is 114 Å². The summed E-state index contributed by atoms with van der Waals surface area (Å²) >= 11 is 0. The SMILES string of the molecule is COc1cc(C2c3c(c(=O)oc4cc(OC(=O)c5cccc6c5-c5ccccc5C6)c(OC)cc34)N3CCc4c(cc(OC)c(OC)c4OC(=O)c4cccc5c4-c4ccccc4C5)C23)ccc1OC(=O)c1cccc2c1-c1ccccc1C2. The number of rotatable bonds is 11. The molecule has 0 amide bonds. The summed E-state index contributed by atoms with van der Waals surface area (Å²) in [6, 6.07) is 50.9. The standard InChI is InChI=1S/C71H51NO12/c1-77-55-33-43(26-27-53(55)81-68(73)48-23-11-17-40-30-37-14-5-8-20-44(37)59(40)48)62-63-52-35-56(78-2)57(83-69(74)49-24-12-18-41-31-38-15-6-9-21-45(38)60(41)49)36-54(52)82-71(76)65(63)72-29-28-47-51(64(62)72)34-58(79-3)67(80-4)66(47)84-70(75)50-25-13-19-42-32-39-16-7-10-22-46(39)61(42)50/h5-27,33-36,62,64H,28-32H2,1-4H3. The average Bonchev–Trinajstić information content (AvgIpc) is 1.81. The number of nitrogens with zero attached hydrogens (tertiary/aromatic N) is 1. The number of ether oxygens (including phenoxy) is 7. The molecule has 3 heterocycles. The Morgan fingerprint density at radius 3 is 1.51 bits per heavy atom. The molecule has 13 heteroatoms. The van der Waals surface area contributed by atoms with Crippen molar-refractivity contribution in [1.82, 2.24) is 0 Å². The van der Waals surface area contributed by atoms with Crippen molar-refractivity contribution in [3.05, 3.63) is 247 Å². The van der Waals surface area contributed by atoms with Gasteiger partial charge in [-0.15, -0.1) is 0 Å². The predicted octanol–water partition coefficient (Wildman–Crippen LogP) is 13.4. The highest BCUT2D eigenvalue weighted by Crippen LogP contribution is 2.59. The maximum Gasteiger partial charge on any atom is 0.360 e. The summed E-state index contributed by atoms with van der Waals surface area (Å²) in [7, 11) is 6.03. The van der Waals surface area contributed by atoms with E-state index in [0.717, 1.165) is 66.8 Å². The fourth-order valence-electron chi connectivity index (χ4n) is 13.8. The summed E-state index contributed by atoms with van der Waals surface area (Å²) in [5, 5.41) is 0.509. The molecule has 1 aromatic heterocycles. The van der Waals surface area contributed by atoms with E-state index >= 15 is 4.79 Å². The largest absolute Gasteiger partial charge is 0.493 e. The Kier molecular flexibility index (Phi) is 11.8. The molecule has 0 fully saturated rings. The van der Waals surface area contributed by atoms with Crippen molar-refractivity contribution >= 4 is 34.6 Å². The first kappa shape index (κ1) is 50.6. The van der Waals surface area contributed by atoms with Crippen molar-refractivity contribution in [3.8, 4) is 73.6 Å². The first-order valence-corrected chi connectivity index (χ1v) is 27.8. The zero-order chi connectivity index (χ0) is 57.1. The third-order valence-corrected chi connectivity index (χ3v) is 17.4. The highest BCUT2D eigenvalue weighted by atomic mass is 16.6. The number of carbonyl (C=O) groups excluding carboxylic acids is 3. The lowest BCUT2D eigenvalue weighted by Gasteiger charge is -2.37. The Morgan fingerprint density at radius 2 is 0.976 bits per heavy atom. The van der Waals surface area contributed by atoms with Crippen LogP contribution in [0, 0.1) is 0 Å². The molecule has 0 radical (unpaired) electrons. The number of benzene rings is 9. The molecule has 0 saturated carbocycles. The molecule has 0 saturated heterocycles. The molecule has 412 valence electrons. The molecule has 0 bridgehead atoms. The van der Waals surface area contributed by atoms with Gasteiger partial charge in [-0.2, -0.15) is 0 Å². The lowest BCUT2D eigenvalue weighted by Crippen LogP contribution is -2.36. The van der Waals surface area contributed by atoms with Gasteiger partial charge in [0.1, 0.15) is 11.3 Å². The van der Waals surface area contributed by atoms with E-state index in [1.54, 1.807) is 30.3 Å². The van der Waals surface area contributed by atoms with Crippen LogP contribution in [0.15, 0.2) is 173 Å². The van der Waals surface area contributed by atoms with Crippen LogP contribution in [0.1, 0.15) is 98.7 Å². The van der Waals surface area contributed by atoms with Crippen LogP contribution in [0.25, 0.3) is 44.3 Å².